The summed E-state index contributed by atoms with van der Waals surface area (Å²) >= 11 is 0. The predicted octanol–water partition coefficient (Wildman–Crippen LogP) is 2.82. The lowest BCUT2D eigenvalue weighted by Gasteiger charge is -2.45. The highest BCUT2D eigenvalue weighted by atomic mass is 16.4. The van der Waals surface area contributed by atoms with Gasteiger partial charge in [-0.3, -0.25) is 4.79 Å². The van der Waals surface area contributed by atoms with E-state index >= 15 is 0 Å². The molecule has 1 heterocycles. The molecule has 114 valence electrons. The quantitative estimate of drug-likeness (QED) is 0.931. The van der Waals surface area contributed by atoms with Crippen molar-refractivity contribution in [2.75, 3.05) is 6.54 Å². The van der Waals surface area contributed by atoms with Gasteiger partial charge in [-0.05, 0) is 45.6 Å². The molecule has 1 aliphatic heterocycles. The molecule has 1 saturated heterocycles. The number of aliphatic carboxylic acids is 1. The van der Waals surface area contributed by atoms with E-state index in [0.717, 1.165) is 18.4 Å². The van der Waals surface area contributed by atoms with Crippen molar-refractivity contribution in [3.05, 3.63) is 35.9 Å². The molecule has 1 aromatic carbocycles. The van der Waals surface area contributed by atoms with Crippen molar-refractivity contribution in [1.29, 1.82) is 0 Å². The van der Waals surface area contributed by atoms with Crippen molar-refractivity contribution in [1.82, 2.24) is 4.90 Å². The van der Waals surface area contributed by atoms with Crippen molar-refractivity contribution in [2.24, 2.45) is 0 Å². The molecule has 0 spiro atoms. The zero-order valence-electron chi connectivity index (χ0n) is 12.9. The first-order valence-electron chi connectivity index (χ1n) is 7.41. The van der Waals surface area contributed by atoms with E-state index < -0.39 is 16.9 Å². The maximum absolute atomic E-state index is 13.0. The van der Waals surface area contributed by atoms with Crippen LogP contribution >= 0.6 is 0 Å². The second kappa shape index (κ2) is 5.51. The smallest absolute Gasteiger partial charge is 0.329 e. The summed E-state index contributed by atoms with van der Waals surface area (Å²) in [6.07, 6.45) is 2.22. The van der Waals surface area contributed by atoms with E-state index in [-0.39, 0.29) is 5.91 Å². The highest BCUT2D eigenvalue weighted by Gasteiger charge is 2.47. The lowest BCUT2D eigenvalue weighted by Crippen LogP contribution is -2.60. The van der Waals surface area contributed by atoms with Crippen LogP contribution in [0.15, 0.2) is 30.3 Å². The molecule has 21 heavy (non-hydrogen) atoms. The van der Waals surface area contributed by atoms with E-state index in [4.69, 9.17) is 0 Å². The van der Waals surface area contributed by atoms with Gasteiger partial charge in [-0.25, -0.2) is 4.79 Å². The number of carbonyl (C=O) groups is 2. The number of amides is 1. The van der Waals surface area contributed by atoms with E-state index in [2.05, 4.69) is 0 Å². The number of carbonyl (C=O) groups excluding carboxylic acids is 1. The van der Waals surface area contributed by atoms with Crippen LogP contribution in [-0.2, 0) is 15.0 Å². The largest absolute Gasteiger partial charge is 0.480 e. The summed E-state index contributed by atoms with van der Waals surface area (Å²) in [6.45, 7) is 5.90. The Morgan fingerprint density at radius 3 is 2.38 bits per heavy atom. The molecular formula is C17H23NO3. The zero-order chi connectivity index (χ0) is 15.7. The van der Waals surface area contributed by atoms with Crippen LogP contribution in [0.2, 0.25) is 0 Å². The topological polar surface area (TPSA) is 57.6 Å². The SMILES string of the molecule is CC(C)(C(=O)N1CCCCC1(C)C(=O)O)c1ccccc1. The maximum atomic E-state index is 13.0. The van der Waals surface area contributed by atoms with Crippen molar-refractivity contribution in [2.45, 2.75) is 51.0 Å². The third kappa shape index (κ3) is 2.67. The van der Waals surface area contributed by atoms with Crippen LogP contribution < -0.4 is 0 Å². The molecule has 1 aromatic rings. The normalized spacial score (nSPS) is 22.9. The maximum Gasteiger partial charge on any atom is 0.329 e. The lowest BCUT2D eigenvalue weighted by molar-refractivity contribution is -0.163. The third-order valence-electron chi connectivity index (χ3n) is 4.63. The summed E-state index contributed by atoms with van der Waals surface area (Å²) in [4.78, 5) is 26.2. The Labute approximate surface area is 125 Å². The zero-order valence-corrected chi connectivity index (χ0v) is 12.9. The minimum absolute atomic E-state index is 0.113. The molecular weight excluding hydrogens is 266 g/mol. The van der Waals surface area contributed by atoms with Gasteiger partial charge in [0.2, 0.25) is 5.91 Å². The highest BCUT2D eigenvalue weighted by molar-refractivity contribution is 5.92. The van der Waals surface area contributed by atoms with Gasteiger partial charge in [-0.2, -0.15) is 0 Å². The van der Waals surface area contributed by atoms with E-state index in [0.29, 0.717) is 13.0 Å². The van der Waals surface area contributed by atoms with Crippen LogP contribution in [0.3, 0.4) is 0 Å². The standard InChI is InChI=1S/C17H23NO3/c1-16(2,13-9-5-4-6-10-13)14(19)18-12-8-7-11-17(18,3)15(20)21/h4-6,9-10H,7-8,11-12H2,1-3H3,(H,20,21). The van der Waals surface area contributed by atoms with E-state index in [9.17, 15) is 14.7 Å². The van der Waals surface area contributed by atoms with Crippen molar-refractivity contribution < 1.29 is 14.7 Å². The Kier molecular flexibility index (Phi) is 4.08. The van der Waals surface area contributed by atoms with Crippen LogP contribution in [0.5, 0.6) is 0 Å². The van der Waals surface area contributed by atoms with Crippen molar-refractivity contribution >= 4 is 11.9 Å². The summed E-state index contributed by atoms with van der Waals surface area (Å²) in [5, 5.41) is 9.56. The van der Waals surface area contributed by atoms with E-state index in [1.165, 1.54) is 0 Å². The average molecular weight is 289 g/mol. The van der Waals surface area contributed by atoms with Crippen LogP contribution in [0.1, 0.15) is 45.6 Å². The Hall–Kier alpha value is -1.84. The molecule has 1 aliphatic rings. The molecule has 0 saturated carbocycles. The van der Waals surface area contributed by atoms with E-state index in [1.807, 2.05) is 44.2 Å². The highest BCUT2D eigenvalue weighted by Crippen LogP contribution is 2.34. The van der Waals surface area contributed by atoms with Gasteiger partial charge in [0.15, 0.2) is 0 Å². The van der Waals surface area contributed by atoms with Crippen molar-refractivity contribution in [3.63, 3.8) is 0 Å². The molecule has 0 aromatic heterocycles. The predicted molar refractivity (Wildman–Crippen MR) is 81.1 cm³/mol. The van der Waals surface area contributed by atoms with Gasteiger partial charge >= 0.3 is 5.97 Å². The molecule has 0 bridgehead atoms. The molecule has 1 atom stereocenters. The molecule has 1 amide bonds. The Bertz CT molecular complexity index is 538. The number of rotatable bonds is 3. The lowest BCUT2D eigenvalue weighted by atomic mass is 9.79. The van der Waals surface area contributed by atoms with E-state index in [1.54, 1.807) is 11.8 Å². The summed E-state index contributed by atoms with van der Waals surface area (Å²) in [7, 11) is 0. The van der Waals surface area contributed by atoms with Gasteiger partial charge in [-0.1, -0.05) is 30.3 Å². The van der Waals surface area contributed by atoms with Gasteiger partial charge in [0, 0.05) is 6.54 Å². The minimum atomic E-state index is -1.10. The fourth-order valence-electron chi connectivity index (χ4n) is 2.98. The second-order valence-corrected chi connectivity index (χ2v) is 6.48. The minimum Gasteiger partial charge on any atom is -0.480 e. The number of carboxylic acid groups (broad SMARTS) is 1. The molecule has 1 fully saturated rings. The summed E-state index contributed by atoms with van der Waals surface area (Å²) in [5.74, 6) is -1.03. The third-order valence-corrected chi connectivity index (χ3v) is 4.63. The fourth-order valence-corrected chi connectivity index (χ4v) is 2.98. The Morgan fingerprint density at radius 2 is 1.81 bits per heavy atom. The van der Waals surface area contributed by atoms with Crippen LogP contribution in [0.4, 0.5) is 0 Å². The Morgan fingerprint density at radius 1 is 1.19 bits per heavy atom. The summed E-state index contributed by atoms with van der Waals surface area (Å²) < 4.78 is 0. The number of piperidine rings is 1. The number of hydrogen-bond donors (Lipinski definition) is 1. The molecule has 2 rings (SSSR count). The molecule has 0 aliphatic carbocycles. The molecule has 4 nitrogen and oxygen atoms in total. The number of benzene rings is 1. The van der Waals surface area contributed by atoms with Crippen LogP contribution in [0.25, 0.3) is 0 Å². The monoisotopic (exact) mass is 289 g/mol. The first-order chi connectivity index (χ1) is 9.80. The molecule has 1 unspecified atom stereocenters. The van der Waals surface area contributed by atoms with Gasteiger partial charge in [0.25, 0.3) is 0 Å². The number of hydrogen-bond acceptors (Lipinski definition) is 2. The molecule has 4 heteroatoms. The Balaban J connectivity index is 2.35. The van der Waals surface area contributed by atoms with Crippen molar-refractivity contribution in [3.8, 4) is 0 Å². The van der Waals surface area contributed by atoms with Crippen LogP contribution in [-0.4, -0.2) is 34.0 Å². The number of nitrogens with zero attached hydrogens (tertiary/aromatic N) is 1. The van der Waals surface area contributed by atoms with Gasteiger partial charge in [0.1, 0.15) is 5.54 Å². The summed E-state index contributed by atoms with van der Waals surface area (Å²) in [5.41, 5.74) is -0.912. The van der Waals surface area contributed by atoms with Gasteiger partial charge in [-0.15, -0.1) is 0 Å². The van der Waals surface area contributed by atoms with Gasteiger partial charge in [0.05, 0.1) is 5.41 Å². The first kappa shape index (κ1) is 15.5. The molecule has 1 N–H and O–H groups in total. The van der Waals surface area contributed by atoms with Gasteiger partial charge < -0.3 is 10.0 Å². The second-order valence-electron chi connectivity index (χ2n) is 6.48. The summed E-state index contributed by atoms with van der Waals surface area (Å²) in [6, 6.07) is 9.54. The fraction of sp³-hybridized carbons (Fsp3) is 0.529. The van der Waals surface area contributed by atoms with Crippen LogP contribution in [0, 0.1) is 0 Å². The first-order valence-corrected chi connectivity index (χ1v) is 7.41. The number of likely N-dealkylation sites (tertiary alicyclic amines) is 1. The average Bonchev–Trinajstić information content (AvgIpc) is 2.47. The molecule has 0 radical (unpaired) electrons. The number of carboxylic acids is 1.